The van der Waals surface area contributed by atoms with Gasteiger partial charge in [0.2, 0.25) is 0 Å². The Bertz CT molecular complexity index is 302. The van der Waals surface area contributed by atoms with Crippen molar-refractivity contribution < 1.29 is 9.63 Å². The molecule has 0 unspecified atom stereocenters. The SMILES string of the molecule is CCCCCCCC(=O)ON(C1CCCCC1)C1CCCCC1. The van der Waals surface area contributed by atoms with Gasteiger partial charge in [-0.25, -0.2) is 0 Å². The summed E-state index contributed by atoms with van der Waals surface area (Å²) in [6.07, 6.45) is 19.2. The highest BCUT2D eigenvalue weighted by Crippen LogP contribution is 2.30. The summed E-state index contributed by atoms with van der Waals surface area (Å²) in [4.78, 5) is 18.2. The lowest BCUT2D eigenvalue weighted by molar-refractivity contribution is -0.223. The molecule has 0 amide bonds. The Labute approximate surface area is 143 Å². The fourth-order valence-corrected chi connectivity index (χ4v) is 4.15. The molecular formula is C20H37NO2. The number of carbonyl (C=O) groups is 1. The molecule has 3 heteroatoms. The summed E-state index contributed by atoms with van der Waals surface area (Å²) in [6.45, 7) is 2.22. The third-order valence-electron chi connectivity index (χ3n) is 5.56. The van der Waals surface area contributed by atoms with E-state index in [1.54, 1.807) is 0 Å². The van der Waals surface area contributed by atoms with Gasteiger partial charge in [-0.05, 0) is 32.1 Å². The van der Waals surface area contributed by atoms with Gasteiger partial charge in [-0.15, -0.1) is 5.06 Å². The first-order valence-electron chi connectivity index (χ1n) is 10.3. The molecule has 2 rings (SSSR count). The molecule has 2 saturated carbocycles. The van der Waals surface area contributed by atoms with E-state index in [0.717, 1.165) is 12.8 Å². The second-order valence-corrected chi connectivity index (χ2v) is 7.57. The molecule has 2 aliphatic carbocycles. The van der Waals surface area contributed by atoms with Crippen LogP contribution in [0.25, 0.3) is 0 Å². The van der Waals surface area contributed by atoms with Crippen molar-refractivity contribution in [2.75, 3.05) is 0 Å². The van der Waals surface area contributed by atoms with Gasteiger partial charge in [-0.3, -0.25) is 4.79 Å². The Morgan fingerprint density at radius 3 is 1.87 bits per heavy atom. The maximum atomic E-state index is 12.3. The number of rotatable bonds is 9. The molecule has 23 heavy (non-hydrogen) atoms. The molecule has 2 aliphatic rings. The minimum absolute atomic E-state index is 0.0117. The number of unbranched alkanes of at least 4 members (excludes halogenated alkanes) is 4. The van der Waals surface area contributed by atoms with E-state index in [2.05, 4.69) is 12.0 Å². The minimum Gasteiger partial charge on any atom is -0.367 e. The van der Waals surface area contributed by atoms with Gasteiger partial charge in [0.1, 0.15) is 0 Å². The molecule has 2 fully saturated rings. The number of nitrogens with zero attached hydrogens (tertiary/aromatic N) is 1. The fourth-order valence-electron chi connectivity index (χ4n) is 4.15. The average Bonchev–Trinajstić information content (AvgIpc) is 2.61. The van der Waals surface area contributed by atoms with Crippen molar-refractivity contribution in [2.24, 2.45) is 0 Å². The quantitative estimate of drug-likeness (QED) is 0.398. The van der Waals surface area contributed by atoms with Gasteiger partial charge in [0.05, 0.1) is 0 Å². The maximum Gasteiger partial charge on any atom is 0.325 e. The van der Waals surface area contributed by atoms with Crippen LogP contribution in [0.1, 0.15) is 110 Å². The highest BCUT2D eigenvalue weighted by molar-refractivity contribution is 5.68. The Morgan fingerprint density at radius 2 is 1.35 bits per heavy atom. The zero-order valence-corrected chi connectivity index (χ0v) is 15.2. The molecule has 0 aromatic rings. The van der Waals surface area contributed by atoms with E-state index >= 15 is 0 Å². The summed E-state index contributed by atoms with van der Waals surface area (Å²) in [5, 5.41) is 2.16. The summed E-state index contributed by atoms with van der Waals surface area (Å²) < 4.78 is 0. The largest absolute Gasteiger partial charge is 0.367 e. The standard InChI is InChI=1S/C20H37NO2/c1-2-3-4-5-12-17-20(22)23-21(18-13-8-6-9-14-18)19-15-10-7-11-16-19/h18-19H,2-17H2,1H3. The molecule has 0 atom stereocenters. The second-order valence-electron chi connectivity index (χ2n) is 7.57. The van der Waals surface area contributed by atoms with Crippen LogP contribution in [0.4, 0.5) is 0 Å². The van der Waals surface area contributed by atoms with Crippen LogP contribution < -0.4 is 0 Å². The normalized spacial score (nSPS) is 20.8. The molecule has 0 saturated heterocycles. The fraction of sp³-hybridized carbons (Fsp3) is 0.950. The van der Waals surface area contributed by atoms with E-state index in [1.165, 1.54) is 83.5 Å². The van der Waals surface area contributed by atoms with E-state index in [1.807, 2.05) is 0 Å². The molecule has 0 N–H and O–H groups in total. The second kappa shape index (κ2) is 11.1. The van der Waals surface area contributed by atoms with E-state index in [0.29, 0.717) is 18.5 Å². The number of carbonyl (C=O) groups excluding carboxylic acids is 1. The van der Waals surface area contributed by atoms with Crippen molar-refractivity contribution in [1.29, 1.82) is 0 Å². The van der Waals surface area contributed by atoms with Crippen molar-refractivity contribution in [3.8, 4) is 0 Å². The van der Waals surface area contributed by atoms with Gasteiger partial charge < -0.3 is 4.84 Å². The number of hydrogen-bond donors (Lipinski definition) is 0. The topological polar surface area (TPSA) is 29.5 Å². The molecule has 0 aliphatic heterocycles. The smallest absolute Gasteiger partial charge is 0.325 e. The van der Waals surface area contributed by atoms with Crippen molar-refractivity contribution in [2.45, 2.75) is 122 Å². The van der Waals surface area contributed by atoms with Gasteiger partial charge in [0, 0.05) is 18.5 Å². The zero-order chi connectivity index (χ0) is 16.3. The van der Waals surface area contributed by atoms with Gasteiger partial charge in [-0.1, -0.05) is 71.1 Å². The Morgan fingerprint density at radius 1 is 0.826 bits per heavy atom. The molecule has 0 bridgehead atoms. The van der Waals surface area contributed by atoms with Crippen LogP contribution in [-0.2, 0) is 9.63 Å². The predicted octanol–water partition coefficient (Wildman–Crippen LogP) is 5.77. The van der Waals surface area contributed by atoms with E-state index in [9.17, 15) is 4.79 Å². The summed E-state index contributed by atoms with van der Waals surface area (Å²) in [5.74, 6) is 0.0117. The molecule has 0 heterocycles. The van der Waals surface area contributed by atoms with E-state index in [-0.39, 0.29) is 5.97 Å². The van der Waals surface area contributed by atoms with Gasteiger partial charge in [-0.2, -0.15) is 0 Å². The molecule has 0 spiro atoms. The van der Waals surface area contributed by atoms with Crippen molar-refractivity contribution in [3.63, 3.8) is 0 Å². The monoisotopic (exact) mass is 323 g/mol. The first kappa shape index (κ1) is 18.8. The number of hydrogen-bond acceptors (Lipinski definition) is 3. The summed E-state index contributed by atoms with van der Waals surface area (Å²) in [6, 6.07) is 0.965. The van der Waals surface area contributed by atoms with Crippen molar-refractivity contribution in [3.05, 3.63) is 0 Å². The van der Waals surface area contributed by atoms with Crippen LogP contribution >= 0.6 is 0 Å². The van der Waals surface area contributed by atoms with Gasteiger partial charge in [0.25, 0.3) is 0 Å². The Hall–Kier alpha value is -0.570. The van der Waals surface area contributed by atoms with Crippen LogP contribution in [0.15, 0.2) is 0 Å². The third-order valence-corrected chi connectivity index (χ3v) is 5.56. The van der Waals surface area contributed by atoms with Crippen LogP contribution in [0, 0.1) is 0 Å². The lowest BCUT2D eigenvalue weighted by Crippen LogP contribution is -2.46. The van der Waals surface area contributed by atoms with Crippen LogP contribution in [0.3, 0.4) is 0 Å². The first-order chi connectivity index (χ1) is 11.3. The third kappa shape index (κ3) is 6.82. The molecule has 0 radical (unpaired) electrons. The minimum atomic E-state index is 0.0117. The maximum absolute atomic E-state index is 12.3. The summed E-state index contributed by atoms with van der Waals surface area (Å²) in [7, 11) is 0. The summed E-state index contributed by atoms with van der Waals surface area (Å²) >= 11 is 0. The highest BCUT2D eigenvalue weighted by atomic mass is 16.7. The molecule has 0 aromatic heterocycles. The van der Waals surface area contributed by atoms with E-state index in [4.69, 9.17) is 4.84 Å². The molecule has 134 valence electrons. The average molecular weight is 324 g/mol. The van der Waals surface area contributed by atoms with Crippen molar-refractivity contribution >= 4 is 5.97 Å². The summed E-state index contributed by atoms with van der Waals surface area (Å²) in [5.41, 5.74) is 0. The predicted molar refractivity (Wildman–Crippen MR) is 95.1 cm³/mol. The lowest BCUT2D eigenvalue weighted by atomic mass is 9.90. The number of hydroxylamine groups is 2. The molecular weight excluding hydrogens is 286 g/mol. The van der Waals surface area contributed by atoms with Gasteiger partial charge in [0.15, 0.2) is 0 Å². The molecule has 0 aromatic carbocycles. The zero-order valence-electron chi connectivity index (χ0n) is 15.2. The highest BCUT2D eigenvalue weighted by Gasteiger charge is 2.31. The first-order valence-corrected chi connectivity index (χ1v) is 10.3. The van der Waals surface area contributed by atoms with Crippen LogP contribution in [-0.4, -0.2) is 23.1 Å². The van der Waals surface area contributed by atoms with Crippen LogP contribution in [0.2, 0.25) is 0 Å². The van der Waals surface area contributed by atoms with Crippen LogP contribution in [0.5, 0.6) is 0 Å². The van der Waals surface area contributed by atoms with Crippen molar-refractivity contribution in [1.82, 2.24) is 5.06 Å². The van der Waals surface area contributed by atoms with E-state index < -0.39 is 0 Å². The lowest BCUT2D eigenvalue weighted by Gasteiger charge is -2.39. The van der Waals surface area contributed by atoms with Gasteiger partial charge >= 0.3 is 5.97 Å². The Balaban J connectivity index is 1.79. The Kier molecular flexibility index (Phi) is 9.03. The molecule has 3 nitrogen and oxygen atoms in total.